The van der Waals surface area contributed by atoms with Gasteiger partial charge in [-0.25, -0.2) is 0 Å². The van der Waals surface area contributed by atoms with E-state index in [4.69, 9.17) is 10.5 Å². The van der Waals surface area contributed by atoms with Crippen molar-refractivity contribution in [2.24, 2.45) is 0 Å². The van der Waals surface area contributed by atoms with Gasteiger partial charge in [-0.1, -0.05) is 12.1 Å². The van der Waals surface area contributed by atoms with Gasteiger partial charge in [-0.05, 0) is 42.9 Å². The Balaban J connectivity index is 2.00. The average Bonchev–Trinajstić information content (AvgIpc) is 2.43. The van der Waals surface area contributed by atoms with Crippen LogP contribution in [0.1, 0.15) is 11.1 Å². The summed E-state index contributed by atoms with van der Waals surface area (Å²) in [6.45, 7) is 1.43. The zero-order valence-corrected chi connectivity index (χ0v) is 11.8. The second-order valence-electron chi connectivity index (χ2n) is 4.91. The molecule has 0 aliphatic rings. The fraction of sp³-hybridized carbons (Fsp3) is 0.250. The zero-order valence-electron chi connectivity index (χ0n) is 11.8. The number of benzene rings is 2. The summed E-state index contributed by atoms with van der Waals surface area (Å²) >= 11 is 0. The minimum atomic E-state index is 0.279. The fourth-order valence-electron chi connectivity index (χ4n) is 2.12. The van der Waals surface area contributed by atoms with Gasteiger partial charge in [0, 0.05) is 24.3 Å². The van der Waals surface area contributed by atoms with Crippen LogP contribution in [0.25, 0.3) is 0 Å². The van der Waals surface area contributed by atoms with Gasteiger partial charge >= 0.3 is 0 Å². The number of rotatable bonds is 5. The highest BCUT2D eigenvalue weighted by Crippen LogP contribution is 2.22. The monoisotopic (exact) mass is 272 g/mol. The summed E-state index contributed by atoms with van der Waals surface area (Å²) < 4.78 is 5.14. The Bertz CT molecular complexity index is 567. The molecule has 20 heavy (non-hydrogen) atoms. The third-order valence-electron chi connectivity index (χ3n) is 3.16. The lowest BCUT2D eigenvalue weighted by molar-refractivity contribution is 0.312. The standard InChI is InChI=1S/C16H20N2O2/c1-18(10-12-3-6-15(20-2)7-4-12)11-13-9-14(17)5-8-16(13)19/h3-9,19H,10-11,17H2,1-2H3. The van der Waals surface area contributed by atoms with Gasteiger partial charge in [0.25, 0.3) is 0 Å². The van der Waals surface area contributed by atoms with Crippen molar-refractivity contribution < 1.29 is 9.84 Å². The number of anilines is 1. The van der Waals surface area contributed by atoms with Crippen LogP contribution in [0, 0.1) is 0 Å². The molecule has 106 valence electrons. The highest BCUT2D eigenvalue weighted by atomic mass is 16.5. The first kappa shape index (κ1) is 14.2. The highest BCUT2D eigenvalue weighted by molar-refractivity contribution is 5.47. The molecule has 0 fully saturated rings. The van der Waals surface area contributed by atoms with E-state index >= 15 is 0 Å². The molecular weight excluding hydrogens is 252 g/mol. The molecule has 0 saturated carbocycles. The Labute approximate surface area is 119 Å². The minimum absolute atomic E-state index is 0.279. The van der Waals surface area contributed by atoms with Crippen LogP contribution in [-0.2, 0) is 13.1 Å². The summed E-state index contributed by atoms with van der Waals surface area (Å²) in [5.41, 5.74) is 8.43. The molecule has 0 saturated heterocycles. The van der Waals surface area contributed by atoms with Gasteiger partial charge < -0.3 is 15.6 Å². The van der Waals surface area contributed by atoms with Crippen molar-refractivity contribution in [2.45, 2.75) is 13.1 Å². The van der Waals surface area contributed by atoms with Crippen molar-refractivity contribution >= 4 is 5.69 Å². The summed E-state index contributed by atoms with van der Waals surface area (Å²) in [6, 6.07) is 13.1. The lowest BCUT2D eigenvalue weighted by atomic mass is 10.1. The number of nitrogen functional groups attached to an aromatic ring is 1. The van der Waals surface area contributed by atoms with E-state index in [1.165, 1.54) is 5.56 Å². The molecule has 0 radical (unpaired) electrons. The zero-order chi connectivity index (χ0) is 14.5. The molecule has 0 heterocycles. The quantitative estimate of drug-likeness (QED) is 0.649. The second kappa shape index (κ2) is 6.30. The van der Waals surface area contributed by atoms with E-state index in [0.717, 1.165) is 17.9 Å². The Morgan fingerprint density at radius 3 is 2.45 bits per heavy atom. The van der Waals surface area contributed by atoms with Crippen molar-refractivity contribution in [3.63, 3.8) is 0 Å². The molecule has 4 heteroatoms. The maximum absolute atomic E-state index is 9.82. The van der Waals surface area contributed by atoms with E-state index in [9.17, 15) is 5.11 Å². The first-order valence-corrected chi connectivity index (χ1v) is 6.47. The highest BCUT2D eigenvalue weighted by Gasteiger charge is 2.06. The van der Waals surface area contributed by atoms with E-state index in [1.807, 2.05) is 31.3 Å². The van der Waals surface area contributed by atoms with Gasteiger partial charge in [-0.2, -0.15) is 0 Å². The number of phenolic OH excluding ortho intramolecular Hbond substituents is 1. The van der Waals surface area contributed by atoms with E-state index in [-0.39, 0.29) is 5.75 Å². The van der Waals surface area contributed by atoms with Crippen LogP contribution in [0.4, 0.5) is 5.69 Å². The first-order chi connectivity index (χ1) is 9.58. The summed E-state index contributed by atoms with van der Waals surface area (Å²) in [7, 11) is 3.66. The number of nitrogens with zero attached hydrogens (tertiary/aromatic N) is 1. The van der Waals surface area contributed by atoms with Crippen molar-refractivity contribution in [3.05, 3.63) is 53.6 Å². The van der Waals surface area contributed by atoms with Crippen molar-refractivity contribution in [2.75, 3.05) is 19.9 Å². The average molecular weight is 272 g/mol. The number of hydrogen-bond donors (Lipinski definition) is 2. The smallest absolute Gasteiger partial charge is 0.120 e. The molecule has 2 aromatic carbocycles. The first-order valence-electron chi connectivity index (χ1n) is 6.47. The molecule has 0 bridgehead atoms. The predicted octanol–water partition coefficient (Wildman–Crippen LogP) is 2.62. The van der Waals surface area contributed by atoms with E-state index < -0.39 is 0 Å². The number of nitrogens with two attached hydrogens (primary N) is 1. The summed E-state index contributed by atoms with van der Waals surface area (Å²) in [5, 5.41) is 9.82. The van der Waals surface area contributed by atoms with Crippen LogP contribution in [0.2, 0.25) is 0 Å². The fourth-order valence-corrected chi connectivity index (χ4v) is 2.12. The SMILES string of the molecule is COc1ccc(CN(C)Cc2cc(N)ccc2O)cc1. The maximum atomic E-state index is 9.82. The molecule has 0 spiro atoms. The molecule has 0 unspecified atom stereocenters. The summed E-state index contributed by atoms with van der Waals surface area (Å²) in [6.07, 6.45) is 0. The van der Waals surface area contributed by atoms with Gasteiger partial charge in [0.05, 0.1) is 7.11 Å². The van der Waals surface area contributed by atoms with Crippen LogP contribution < -0.4 is 10.5 Å². The van der Waals surface area contributed by atoms with Gasteiger partial charge in [0.15, 0.2) is 0 Å². The molecule has 0 aliphatic carbocycles. The maximum Gasteiger partial charge on any atom is 0.120 e. The van der Waals surface area contributed by atoms with Gasteiger partial charge in [0.1, 0.15) is 11.5 Å². The lowest BCUT2D eigenvalue weighted by Crippen LogP contribution is -2.17. The molecule has 2 rings (SSSR count). The summed E-state index contributed by atoms with van der Waals surface area (Å²) in [4.78, 5) is 2.12. The summed E-state index contributed by atoms with van der Waals surface area (Å²) in [5.74, 6) is 1.13. The minimum Gasteiger partial charge on any atom is -0.508 e. The topological polar surface area (TPSA) is 58.7 Å². The second-order valence-corrected chi connectivity index (χ2v) is 4.91. The molecule has 3 N–H and O–H groups in total. The Morgan fingerprint density at radius 1 is 1.10 bits per heavy atom. The van der Waals surface area contributed by atoms with Crippen LogP contribution in [0.5, 0.6) is 11.5 Å². The van der Waals surface area contributed by atoms with Crippen LogP contribution in [-0.4, -0.2) is 24.2 Å². The molecular formula is C16H20N2O2. The van der Waals surface area contributed by atoms with Gasteiger partial charge in [0.2, 0.25) is 0 Å². The van der Waals surface area contributed by atoms with Crippen LogP contribution in [0.15, 0.2) is 42.5 Å². The Morgan fingerprint density at radius 2 is 1.80 bits per heavy atom. The van der Waals surface area contributed by atoms with E-state index in [2.05, 4.69) is 4.90 Å². The molecule has 0 atom stereocenters. The molecule has 2 aromatic rings. The van der Waals surface area contributed by atoms with Gasteiger partial charge in [-0.3, -0.25) is 4.90 Å². The van der Waals surface area contributed by atoms with Crippen molar-refractivity contribution in [3.8, 4) is 11.5 Å². The molecule has 0 aliphatic heterocycles. The third kappa shape index (κ3) is 3.65. The Kier molecular flexibility index (Phi) is 4.48. The van der Waals surface area contributed by atoms with Gasteiger partial charge in [-0.15, -0.1) is 0 Å². The number of ether oxygens (including phenoxy) is 1. The van der Waals surface area contributed by atoms with E-state index in [1.54, 1.807) is 25.3 Å². The molecule has 0 aromatic heterocycles. The van der Waals surface area contributed by atoms with Crippen molar-refractivity contribution in [1.82, 2.24) is 4.90 Å². The number of aromatic hydroxyl groups is 1. The normalized spacial score (nSPS) is 10.8. The molecule has 4 nitrogen and oxygen atoms in total. The molecule has 0 amide bonds. The third-order valence-corrected chi connectivity index (χ3v) is 3.16. The lowest BCUT2D eigenvalue weighted by Gasteiger charge is -2.18. The number of phenols is 1. The number of hydrogen-bond acceptors (Lipinski definition) is 4. The van der Waals surface area contributed by atoms with E-state index in [0.29, 0.717) is 12.2 Å². The van der Waals surface area contributed by atoms with Crippen LogP contribution in [0.3, 0.4) is 0 Å². The Hall–Kier alpha value is -2.20. The van der Waals surface area contributed by atoms with Crippen molar-refractivity contribution in [1.29, 1.82) is 0 Å². The van der Waals surface area contributed by atoms with Crippen LogP contribution >= 0.6 is 0 Å². The largest absolute Gasteiger partial charge is 0.508 e. The predicted molar refractivity (Wildman–Crippen MR) is 80.7 cm³/mol. The number of methoxy groups -OCH3 is 1.